The normalized spacial score (nSPS) is 15.8. The Morgan fingerprint density at radius 1 is 1.43 bits per heavy atom. The minimum absolute atomic E-state index is 0.0112. The summed E-state index contributed by atoms with van der Waals surface area (Å²) in [6.07, 6.45) is 1.87. The van der Waals surface area contributed by atoms with E-state index >= 15 is 0 Å². The number of carbonyl (C=O) groups excluding carboxylic acids is 1. The van der Waals surface area contributed by atoms with Gasteiger partial charge in [-0.05, 0) is 30.9 Å². The lowest BCUT2D eigenvalue weighted by molar-refractivity contribution is -0.119. The number of halogens is 1. The van der Waals surface area contributed by atoms with Gasteiger partial charge in [-0.15, -0.1) is 0 Å². The molecule has 0 aromatic carbocycles. The second-order valence-electron chi connectivity index (χ2n) is 5.17. The van der Waals surface area contributed by atoms with Gasteiger partial charge in [-0.25, -0.2) is 9.78 Å². The van der Waals surface area contributed by atoms with Crippen LogP contribution in [0.3, 0.4) is 0 Å². The van der Waals surface area contributed by atoms with E-state index in [-0.39, 0.29) is 16.6 Å². The molecule has 0 aliphatic carbocycles. The highest BCUT2D eigenvalue weighted by Crippen LogP contribution is 2.24. The van der Waals surface area contributed by atoms with Crippen LogP contribution in [-0.2, 0) is 4.79 Å². The van der Waals surface area contributed by atoms with Gasteiger partial charge >= 0.3 is 5.97 Å². The van der Waals surface area contributed by atoms with E-state index in [1.54, 1.807) is 12.1 Å². The number of nitrogens with one attached hydrogen (secondary N) is 1. The van der Waals surface area contributed by atoms with Crippen molar-refractivity contribution in [1.29, 1.82) is 0 Å². The fourth-order valence-electron chi connectivity index (χ4n) is 2.41. The van der Waals surface area contributed by atoms with Crippen molar-refractivity contribution in [3.8, 4) is 0 Å². The Morgan fingerprint density at radius 2 is 2.10 bits per heavy atom. The van der Waals surface area contributed by atoms with E-state index in [9.17, 15) is 9.59 Å². The van der Waals surface area contributed by atoms with Crippen LogP contribution in [0.15, 0.2) is 12.1 Å². The van der Waals surface area contributed by atoms with Crippen LogP contribution in [0, 0.1) is 5.92 Å². The highest BCUT2D eigenvalue weighted by atomic mass is 35.5. The van der Waals surface area contributed by atoms with E-state index in [0.717, 1.165) is 25.9 Å². The van der Waals surface area contributed by atoms with Crippen molar-refractivity contribution in [2.24, 2.45) is 5.92 Å². The first-order valence-corrected chi connectivity index (χ1v) is 7.24. The molecule has 1 aromatic rings. The standard InChI is InChI=1S/C14H18ClN3O3/c1-9(19)16-8-10-4-6-18(7-5-10)12-3-2-11(15)13(17-12)14(20)21/h2-3,10H,4-8H2,1H3,(H,16,19)(H,20,21). The highest BCUT2D eigenvalue weighted by Gasteiger charge is 2.21. The van der Waals surface area contributed by atoms with Crippen molar-refractivity contribution in [3.63, 3.8) is 0 Å². The van der Waals surface area contributed by atoms with Crippen LogP contribution in [-0.4, -0.2) is 41.6 Å². The maximum absolute atomic E-state index is 11.1. The maximum atomic E-state index is 11.1. The molecule has 0 atom stereocenters. The number of pyridine rings is 1. The number of anilines is 1. The van der Waals surface area contributed by atoms with Gasteiger partial charge in [0.05, 0.1) is 5.02 Å². The predicted octanol–water partition coefficient (Wildman–Crippen LogP) is 1.79. The van der Waals surface area contributed by atoms with Crippen LogP contribution in [0.5, 0.6) is 0 Å². The topological polar surface area (TPSA) is 82.5 Å². The molecule has 1 aliphatic heterocycles. The average molecular weight is 312 g/mol. The third kappa shape index (κ3) is 4.07. The van der Waals surface area contributed by atoms with Crippen molar-refractivity contribution in [2.75, 3.05) is 24.5 Å². The largest absolute Gasteiger partial charge is 0.476 e. The molecule has 0 saturated carbocycles. The molecule has 1 saturated heterocycles. The fraction of sp³-hybridized carbons (Fsp3) is 0.500. The van der Waals surface area contributed by atoms with Crippen molar-refractivity contribution >= 4 is 29.3 Å². The van der Waals surface area contributed by atoms with Gasteiger partial charge in [0.25, 0.3) is 0 Å². The number of rotatable bonds is 4. The molecular formula is C14H18ClN3O3. The third-order valence-electron chi connectivity index (χ3n) is 3.61. The Hall–Kier alpha value is -1.82. The molecule has 1 aliphatic rings. The molecule has 2 N–H and O–H groups in total. The minimum Gasteiger partial charge on any atom is -0.476 e. The van der Waals surface area contributed by atoms with Crippen molar-refractivity contribution < 1.29 is 14.7 Å². The van der Waals surface area contributed by atoms with Crippen LogP contribution >= 0.6 is 11.6 Å². The Morgan fingerprint density at radius 3 is 2.67 bits per heavy atom. The fourth-order valence-corrected chi connectivity index (χ4v) is 2.60. The number of amides is 1. The van der Waals surface area contributed by atoms with Crippen molar-refractivity contribution in [1.82, 2.24) is 10.3 Å². The Bertz CT molecular complexity index is 542. The van der Waals surface area contributed by atoms with Crippen LogP contribution in [0.25, 0.3) is 0 Å². The monoisotopic (exact) mass is 311 g/mol. The number of nitrogens with zero attached hydrogens (tertiary/aromatic N) is 2. The van der Waals surface area contributed by atoms with Gasteiger partial charge in [0.1, 0.15) is 5.82 Å². The molecule has 0 unspecified atom stereocenters. The van der Waals surface area contributed by atoms with E-state index in [2.05, 4.69) is 10.3 Å². The van der Waals surface area contributed by atoms with E-state index < -0.39 is 5.97 Å². The van der Waals surface area contributed by atoms with Gasteiger partial charge in [-0.3, -0.25) is 4.79 Å². The molecule has 6 nitrogen and oxygen atoms in total. The number of aromatic nitrogens is 1. The molecule has 0 spiro atoms. The first-order valence-electron chi connectivity index (χ1n) is 6.86. The molecule has 114 valence electrons. The number of hydrogen-bond acceptors (Lipinski definition) is 4. The summed E-state index contributed by atoms with van der Waals surface area (Å²) in [4.78, 5) is 28.1. The number of carboxylic acid groups (broad SMARTS) is 1. The van der Waals surface area contributed by atoms with E-state index in [0.29, 0.717) is 18.3 Å². The zero-order chi connectivity index (χ0) is 15.4. The van der Waals surface area contributed by atoms with Gasteiger partial charge in [0.15, 0.2) is 5.69 Å². The lowest BCUT2D eigenvalue weighted by atomic mass is 9.97. The Labute approximate surface area is 128 Å². The summed E-state index contributed by atoms with van der Waals surface area (Å²) >= 11 is 5.82. The molecule has 2 heterocycles. The van der Waals surface area contributed by atoms with Crippen molar-refractivity contribution in [3.05, 3.63) is 22.8 Å². The van der Waals surface area contributed by atoms with Crippen LogP contribution in [0.2, 0.25) is 5.02 Å². The van der Waals surface area contributed by atoms with Crippen molar-refractivity contribution in [2.45, 2.75) is 19.8 Å². The molecule has 0 bridgehead atoms. The second kappa shape index (κ2) is 6.76. The first-order chi connectivity index (χ1) is 9.97. The summed E-state index contributed by atoms with van der Waals surface area (Å²) in [5, 5.41) is 12.0. The van der Waals surface area contributed by atoms with Gasteiger partial charge in [0, 0.05) is 26.6 Å². The number of carbonyl (C=O) groups is 2. The average Bonchev–Trinajstić information content (AvgIpc) is 2.46. The van der Waals surface area contributed by atoms with Gasteiger partial charge in [0.2, 0.25) is 5.91 Å². The second-order valence-corrected chi connectivity index (χ2v) is 5.58. The quantitative estimate of drug-likeness (QED) is 0.886. The highest BCUT2D eigenvalue weighted by molar-refractivity contribution is 6.33. The molecule has 7 heteroatoms. The van der Waals surface area contributed by atoms with Crippen LogP contribution in [0.1, 0.15) is 30.3 Å². The van der Waals surface area contributed by atoms with Crippen LogP contribution < -0.4 is 10.2 Å². The lowest BCUT2D eigenvalue weighted by Crippen LogP contribution is -2.38. The zero-order valence-corrected chi connectivity index (χ0v) is 12.6. The third-order valence-corrected chi connectivity index (χ3v) is 3.92. The molecule has 1 aromatic heterocycles. The molecule has 1 fully saturated rings. The van der Waals surface area contributed by atoms with E-state index in [1.807, 2.05) is 4.90 Å². The summed E-state index contributed by atoms with van der Waals surface area (Å²) in [7, 11) is 0. The molecule has 2 rings (SSSR count). The summed E-state index contributed by atoms with van der Waals surface area (Å²) in [6.45, 7) is 3.79. The molecular weight excluding hydrogens is 294 g/mol. The summed E-state index contributed by atoms with van der Waals surface area (Å²) < 4.78 is 0. The number of aromatic carboxylic acids is 1. The lowest BCUT2D eigenvalue weighted by Gasteiger charge is -2.33. The van der Waals surface area contributed by atoms with Gasteiger partial charge in [-0.1, -0.05) is 11.6 Å². The van der Waals surface area contributed by atoms with E-state index in [4.69, 9.17) is 16.7 Å². The number of carboxylic acids is 1. The summed E-state index contributed by atoms with van der Waals surface area (Å²) in [5.74, 6) is -0.0449. The zero-order valence-electron chi connectivity index (χ0n) is 11.8. The first kappa shape index (κ1) is 15.6. The molecule has 1 amide bonds. The van der Waals surface area contributed by atoms with Crippen LogP contribution in [0.4, 0.5) is 5.82 Å². The Balaban J connectivity index is 1.97. The summed E-state index contributed by atoms with van der Waals surface area (Å²) in [6, 6.07) is 3.31. The van der Waals surface area contributed by atoms with Gasteiger partial charge < -0.3 is 15.3 Å². The smallest absolute Gasteiger partial charge is 0.356 e. The molecule has 21 heavy (non-hydrogen) atoms. The minimum atomic E-state index is -1.12. The predicted molar refractivity (Wildman–Crippen MR) is 79.8 cm³/mol. The molecule has 0 radical (unpaired) electrons. The SMILES string of the molecule is CC(=O)NCC1CCN(c2ccc(Cl)c(C(=O)O)n2)CC1. The van der Waals surface area contributed by atoms with Gasteiger partial charge in [-0.2, -0.15) is 0 Å². The number of piperidine rings is 1. The summed E-state index contributed by atoms with van der Waals surface area (Å²) in [5.41, 5.74) is -0.116. The van der Waals surface area contributed by atoms with E-state index in [1.165, 1.54) is 6.92 Å². The maximum Gasteiger partial charge on any atom is 0.356 e. The Kier molecular flexibility index (Phi) is 5.01. The number of hydrogen-bond donors (Lipinski definition) is 2.